The first-order valence-electron chi connectivity index (χ1n) is 7.50. The minimum absolute atomic E-state index is 0.00558. The van der Waals surface area contributed by atoms with E-state index in [2.05, 4.69) is 26.3 Å². The Bertz CT molecular complexity index is 933. The molecule has 2 rings (SSSR count). The second-order valence-corrected chi connectivity index (χ2v) is 6.62. The number of aromatic hydroxyl groups is 1. The van der Waals surface area contributed by atoms with Gasteiger partial charge in [-0.15, -0.1) is 0 Å². The zero-order valence-corrected chi connectivity index (χ0v) is 15.8. The van der Waals surface area contributed by atoms with Gasteiger partial charge in [0.25, 0.3) is 17.0 Å². The number of phenols is 1. The highest BCUT2D eigenvalue weighted by Gasteiger charge is 2.21. The van der Waals surface area contributed by atoms with Crippen LogP contribution < -0.4 is 16.4 Å². The van der Waals surface area contributed by atoms with E-state index in [4.69, 9.17) is 0 Å². The van der Waals surface area contributed by atoms with Gasteiger partial charge in [-0.1, -0.05) is 6.07 Å². The zero-order valence-electron chi connectivity index (χ0n) is 14.3. The number of aromatic nitrogens is 2. The van der Waals surface area contributed by atoms with Crippen LogP contribution in [0.5, 0.6) is 5.75 Å². The summed E-state index contributed by atoms with van der Waals surface area (Å²) in [5.41, 5.74) is -0.800. The SMILES string of the molecule is CC(C)N(C)C(=O)c1cccc(Nc2c(Br)c(=O)[nH]n(C)c2=O)c1O. The van der Waals surface area contributed by atoms with Crippen LogP contribution in [0.4, 0.5) is 11.4 Å². The molecule has 0 radical (unpaired) electrons. The number of phenolic OH excluding ortho intramolecular Hbond substituents is 1. The third-order valence-corrected chi connectivity index (χ3v) is 4.58. The van der Waals surface area contributed by atoms with Crippen LogP contribution in [0, 0.1) is 0 Å². The molecule has 0 fully saturated rings. The van der Waals surface area contributed by atoms with Crippen LogP contribution in [-0.4, -0.2) is 38.8 Å². The standard InChI is InChI=1S/C16H19BrN4O4/c1-8(2)20(3)15(24)9-6-5-7-10(13(9)22)18-12-11(17)14(23)19-21(4)16(12)25/h5-8,18,22H,1-4H3,(H,19,23). The van der Waals surface area contributed by atoms with Crippen molar-refractivity contribution in [3.8, 4) is 5.75 Å². The molecule has 1 amide bonds. The first-order valence-corrected chi connectivity index (χ1v) is 8.29. The van der Waals surface area contributed by atoms with Crippen molar-refractivity contribution in [2.24, 2.45) is 7.05 Å². The molecule has 0 spiro atoms. The Hall–Kier alpha value is -2.55. The first kappa shape index (κ1) is 18.8. The minimum atomic E-state index is -0.504. The van der Waals surface area contributed by atoms with Gasteiger partial charge in [-0.3, -0.25) is 24.2 Å². The predicted molar refractivity (Wildman–Crippen MR) is 98.6 cm³/mol. The van der Waals surface area contributed by atoms with Crippen molar-refractivity contribution in [1.82, 2.24) is 14.7 Å². The van der Waals surface area contributed by atoms with E-state index in [-0.39, 0.29) is 39.1 Å². The highest BCUT2D eigenvalue weighted by molar-refractivity contribution is 9.10. The summed E-state index contributed by atoms with van der Waals surface area (Å²) in [4.78, 5) is 38.0. The summed E-state index contributed by atoms with van der Waals surface area (Å²) in [6.45, 7) is 3.71. The molecule has 1 aromatic carbocycles. The van der Waals surface area contributed by atoms with Gasteiger partial charge < -0.3 is 15.3 Å². The summed E-state index contributed by atoms with van der Waals surface area (Å²) < 4.78 is 1.03. The van der Waals surface area contributed by atoms with E-state index in [0.29, 0.717) is 0 Å². The van der Waals surface area contributed by atoms with E-state index in [1.807, 2.05) is 13.8 Å². The molecule has 0 bridgehead atoms. The number of benzene rings is 1. The fourth-order valence-electron chi connectivity index (χ4n) is 2.11. The zero-order chi connectivity index (χ0) is 18.9. The Morgan fingerprint density at radius 1 is 1.36 bits per heavy atom. The number of anilines is 2. The molecule has 25 heavy (non-hydrogen) atoms. The van der Waals surface area contributed by atoms with Crippen molar-refractivity contribution < 1.29 is 9.90 Å². The summed E-state index contributed by atoms with van der Waals surface area (Å²) >= 11 is 3.06. The molecule has 0 aliphatic heterocycles. The fraction of sp³-hybridized carbons (Fsp3) is 0.312. The number of nitrogens with one attached hydrogen (secondary N) is 2. The molecule has 0 aliphatic rings. The largest absolute Gasteiger partial charge is 0.505 e. The van der Waals surface area contributed by atoms with E-state index in [1.165, 1.54) is 24.1 Å². The molecule has 0 atom stereocenters. The second kappa shape index (κ2) is 7.14. The highest BCUT2D eigenvalue weighted by Crippen LogP contribution is 2.31. The summed E-state index contributed by atoms with van der Waals surface area (Å²) in [7, 11) is 3.04. The van der Waals surface area contributed by atoms with E-state index in [9.17, 15) is 19.5 Å². The molecule has 0 saturated heterocycles. The van der Waals surface area contributed by atoms with Crippen molar-refractivity contribution in [2.45, 2.75) is 19.9 Å². The van der Waals surface area contributed by atoms with Gasteiger partial charge in [-0.2, -0.15) is 0 Å². The molecule has 0 unspecified atom stereocenters. The number of rotatable bonds is 4. The summed E-state index contributed by atoms with van der Waals surface area (Å²) in [5, 5.41) is 15.5. The van der Waals surface area contributed by atoms with E-state index in [0.717, 1.165) is 4.68 Å². The van der Waals surface area contributed by atoms with E-state index in [1.54, 1.807) is 13.1 Å². The van der Waals surface area contributed by atoms with Crippen molar-refractivity contribution in [3.05, 3.63) is 48.9 Å². The lowest BCUT2D eigenvalue weighted by molar-refractivity contribution is 0.0752. The number of hydrogen-bond donors (Lipinski definition) is 3. The van der Waals surface area contributed by atoms with Gasteiger partial charge in [-0.05, 0) is 41.9 Å². The lowest BCUT2D eigenvalue weighted by atomic mass is 10.1. The van der Waals surface area contributed by atoms with Crippen LogP contribution in [-0.2, 0) is 7.05 Å². The Labute approximate surface area is 152 Å². The predicted octanol–water partition coefficient (Wildman–Crippen LogP) is 1.77. The number of halogens is 1. The van der Waals surface area contributed by atoms with E-state index >= 15 is 0 Å². The van der Waals surface area contributed by atoms with Crippen molar-refractivity contribution in [3.63, 3.8) is 0 Å². The number of H-pyrrole nitrogens is 1. The quantitative estimate of drug-likeness (QED) is 0.665. The monoisotopic (exact) mass is 410 g/mol. The normalized spacial score (nSPS) is 10.8. The van der Waals surface area contributed by atoms with Gasteiger partial charge >= 0.3 is 0 Å². The topological polar surface area (TPSA) is 107 Å². The molecule has 134 valence electrons. The molecular formula is C16H19BrN4O4. The van der Waals surface area contributed by atoms with Gasteiger partial charge in [0, 0.05) is 20.1 Å². The number of aryl methyl sites for hydroxylation is 1. The number of aromatic amines is 1. The average Bonchev–Trinajstić information content (AvgIpc) is 2.57. The molecule has 1 heterocycles. The van der Waals surface area contributed by atoms with Crippen molar-refractivity contribution >= 4 is 33.2 Å². The van der Waals surface area contributed by atoms with Crippen LogP contribution >= 0.6 is 15.9 Å². The van der Waals surface area contributed by atoms with E-state index < -0.39 is 11.1 Å². The van der Waals surface area contributed by atoms with Gasteiger partial charge in [0.05, 0.1) is 11.3 Å². The van der Waals surface area contributed by atoms with Crippen LogP contribution in [0.3, 0.4) is 0 Å². The molecule has 3 N–H and O–H groups in total. The maximum atomic E-state index is 12.5. The highest BCUT2D eigenvalue weighted by atomic mass is 79.9. The maximum Gasteiger partial charge on any atom is 0.289 e. The number of carbonyl (C=O) groups is 1. The first-order chi connectivity index (χ1) is 11.6. The van der Waals surface area contributed by atoms with Crippen LogP contribution in [0.2, 0.25) is 0 Å². The number of nitrogens with zero attached hydrogens (tertiary/aromatic N) is 2. The third kappa shape index (κ3) is 3.60. The molecule has 2 aromatic rings. The molecule has 1 aromatic heterocycles. The number of para-hydroxylation sites is 1. The fourth-order valence-corrected chi connectivity index (χ4v) is 2.47. The molecular weight excluding hydrogens is 392 g/mol. The molecule has 8 nitrogen and oxygen atoms in total. The van der Waals surface area contributed by atoms with Crippen molar-refractivity contribution in [1.29, 1.82) is 0 Å². The second-order valence-electron chi connectivity index (χ2n) is 5.83. The van der Waals surface area contributed by atoms with Crippen molar-refractivity contribution in [2.75, 3.05) is 12.4 Å². The smallest absolute Gasteiger partial charge is 0.289 e. The Kier molecular flexibility index (Phi) is 5.36. The summed E-state index contributed by atoms with van der Waals surface area (Å²) in [6, 6.07) is 4.54. The maximum absolute atomic E-state index is 12.5. The summed E-state index contributed by atoms with van der Waals surface area (Å²) in [6.07, 6.45) is 0. The number of amides is 1. The number of carbonyl (C=O) groups excluding carboxylic acids is 1. The van der Waals surface area contributed by atoms with Gasteiger partial charge in [0.1, 0.15) is 10.2 Å². The molecule has 0 aliphatic carbocycles. The Morgan fingerprint density at radius 2 is 2.00 bits per heavy atom. The van der Waals surface area contributed by atoms with Gasteiger partial charge in [0.15, 0.2) is 5.75 Å². The number of hydrogen-bond acceptors (Lipinski definition) is 5. The third-order valence-electron chi connectivity index (χ3n) is 3.83. The molecule has 9 heteroatoms. The Balaban J connectivity index is 2.51. The lowest BCUT2D eigenvalue weighted by Gasteiger charge is -2.22. The molecule has 0 saturated carbocycles. The Morgan fingerprint density at radius 3 is 2.60 bits per heavy atom. The average molecular weight is 411 g/mol. The van der Waals surface area contributed by atoms with Crippen LogP contribution in [0.15, 0.2) is 32.3 Å². The van der Waals surface area contributed by atoms with Gasteiger partial charge in [0.2, 0.25) is 0 Å². The lowest BCUT2D eigenvalue weighted by Crippen LogP contribution is -2.33. The van der Waals surface area contributed by atoms with Crippen LogP contribution in [0.1, 0.15) is 24.2 Å². The minimum Gasteiger partial charge on any atom is -0.505 e. The van der Waals surface area contributed by atoms with Crippen LogP contribution in [0.25, 0.3) is 0 Å². The summed E-state index contributed by atoms with van der Waals surface area (Å²) in [5.74, 6) is -0.650. The van der Waals surface area contributed by atoms with Gasteiger partial charge in [-0.25, -0.2) is 0 Å².